The van der Waals surface area contributed by atoms with Crippen LogP contribution in [0, 0.1) is 17.5 Å². The molecule has 0 fully saturated rings. The number of H-pyrrole nitrogens is 1. The Morgan fingerprint density at radius 2 is 1.64 bits per heavy atom. The summed E-state index contributed by atoms with van der Waals surface area (Å²) in [6, 6.07) is 8.32. The molecule has 0 amide bonds. The van der Waals surface area contributed by atoms with Crippen LogP contribution in [0.15, 0.2) is 58.0 Å². The summed E-state index contributed by atoms with van der Waals surface area (Å²) in [4.78, 5) is 2.58. The van der Waals surface area contributed by atoms with Gasteiger partial charge in [-0.05, 0) is 57.9 Å². The smallest absolute Gasteiger partial charge is 0.263 e. The Hall–Kier alpha value is -2.26. The molecule has 0 aliphatic rings. The maximum absolute atomic E-state index is 13.8. The Morgan fingerprint density at radius 1 is 0.960 bits per heavy atom. The van der Waals surface area contributed by atoms with Gasteiger partial charge < -0.3 is 4.98 Å². The lowest BCUT2D eigenvalue weighted by molar-refractivity contribution is 0.592. The lowest BCUT2D eigenvalue weighted by atomic mass is 10.1. The molecule has 0 bridgehead atoms. The van der Waals surface area contributed by atoms with E-state index < -0.39 is 33.2 Å². The molecule has 2 aromatic carbocycles. The van der Waals surface area contributed by atoms with Gasteiger partial charge in [0.2, 0.25) is 0 Å². The predicted molar refractivity (Wildman–Crippen MR) is 91.1 cm³/mol. The summed E-state index contributed by atoms with van der Waals surface area (Å²) in [6.45, 7) is 0. The fourth-order valence-electron chi connectivity index (χ4n) is 2.13. The van der Waals surface area contributed by atoms with Crippen molar-refractivity contribution in [2.75, 3.05) is 4.72 Å². The van der Waals surface area contributed by atoms with Crippen LogP contribution in [0.5, 0.6) is 0 Å². The topological polar surface area (TPSA) is 62.0 Å². The Labute approximate surface area is 149 Å². The highest BCUT2D eigenvalue weighted by Crippen LogP contribution is 2.27. The van der Waals surface area contributed by atoms with E-state index in [0.717, 1.165) is 12.1 Å². The van der Waals surface area contributed by atoms with E-state index in [1.165, 1.54) is 36.5 Å². The van der Waals surface area contributed by atoms with Crippen molar-refractivity contribution in [1.29, 1.82) is 0 Å². The van der Waals surface area contributed by atoms with Crippen molar-refractivity contribution in [3.8, 4) is 11.3 Å². The van der Waals surface area contributed by atoms with Gasteiger partial charge in [0.15, 0.2) is 0 Å². The van der Waals surface area contributed by atoms with Gasteiger partial charge in [0.25, 0.3) is 10.0 Å². The number of benzene rings is 2. The lowest BCUT2D eigenvalue weighted by Gasteiger charge is -2.08. The zero-order valence-corrected chi connectivity index (χ0v) is 14.8. The standard InChI is InChI=1S/C16H10BrF3N2O2S/c17-12-6-14(20)16(7-13(12)19)22-25(23,24)11-5-15(21-8-11)9-1-3-10(18)4-2-9/h1-8,21-22H. The quantitative estimate of drug-likeness (QED) is 0.591. The van der Waals surface area contributed by atoms with Crippen molar-refractivity contribution in [2.24, 2.45) is 0 Å². The molecular formula is C16H10BrF3N2O2S. The van der Waals surface area contributed by atoms with Crippen LogP contribution in [0.1, 0.15) is 0 Å². The highest BCUT2D eigenvalue weighted by molar-refractivity contribution is 9.10. The van der Waals surface area contributed by atoms with Crippen LogP contribution >= 0.6 is 15.9 Å². The first-order chi connectivity index (χ1) is 11.8. The first kappa shape index (κ1) is 17.6. The van der Waals surface area contributed by atoms with Gasteiger partial charge in [-0.3, -0.25) is 4.72 Å². The maximum Gasteiger partial charge on any atom is 0.263 e. The summed E-state index contributed by atoms with van der Waals surface area (Å²) in [5.41, 5.74) is 0.497. The average Bonchev–Trinajstić information content (AvgIpc) is 3.04. The van der Waals surface area contributed by atoms with Crippen molar-refractivity contribution in [1.82, 2.24) is 4.98 Å². The molecule has 3 rings (SSSR count). The Bertz CT molecular complexity index is 1030. The molecule has 0 unspecified atom stereocenters. The molecule has 3 aromatic rings. The van der Waals surface area contributed by atoms with E-state index in [9.17, 15) is 21.6 Å². The van der Waals surface area contributed by atoms with Crippen LogP contribution in [-0.2, 0) is 10.0 Å². The van der Waals surface area contributed by atoms with E-state index in [4.69, 9.17) is 0 Å². The van der Waals surface area contributed by atoms with E-state index in [1.807, 2.05) is 4.72 Å². The van der Waals surface area contributed by atoms with Crippen LogP contribution in [0.4, 0.5) is 18.9 Å². The van der Waals surface area contributed by atoms with Gasteiger partial charge in [-0.1, -0.05) is 0 Å². The molecule has 0 saturated carbocycles. The number of hydrogen-bond acceptors (Lipinski definition) is 2. The van der Waals surface area contributed by atoms with Crippen LogP contribution in [0.2, 0.25) is 0 Å². The molecule has 9 heteroatoms. The summed E-state index contributed by atoms with van der Waals surface area (Å²) in [5, 5.41) is 0. The van der Waals surface area contributed by atoms with E-state index in [0.29, 0.717) is 11.3 Å². The van der Waals surface area contributed by atoms with Crippen LogP contribution in [-0.4, -0.2) is 13.4 Å². The molecule has 0 aliphatic heterocycles. The number of aromatic amines is 1. The third kappa shape index (κ3) is 3.72. The van der Waals surface area contributed by atoms with Crippen molar-refractivity contribution in [3.05, 3.63) is 70.6 Å². The van der Waals surface area contributed by atoms with Gasteiger partial charge in [-0.15, -0.1) is 0 Å². The van der Waals surface area contributed by atoms with Crippen molar-refractivity contribution >= 4 is 31.6 Å². The van der Waals surface area contributed by atoms with Crippen molar-refractivity contribution in [3.63, 3.8) is 0 Å². The molecule has 0 aliphatic carbocycles. The molecule has 0 saturated heterocycles. The lowest BCUT2D eigenvalue weighted by Crippen LogP contribution is -2.13. The number of hydrogen-bond donors (Lipinski definition) is 2. The number of sulfonamides is 1. The molecular weight excluding hydrogens is 421 g/mol. The second-order valence-electron chi connectivity index (χ2n) is 5.11. The first-order valence-electron chi connectivity index (χ1n) is 6.88. The van der Waals surface area contributed by atoms with Crippen LogP contribution in [0.25, 0.3) is 11.3 Å². The van der Waals surface area contributed by atoms with Gasteiger partial charge in [-0.25, -0.2) is 21.6 Å². The van der Waals surface area contributed by atoms with E-state index in [1.54, 1.807) is 0 Å². The number of halogens is 4. The monoisotopic (exact) mass is 430 g/mol. The number of rotatable bonds is 4. The minimum Gasteiger partial charge on any atom is -0.360 e. The maximum atomic E-state index is 13.8. The van der Waals surface area contributed by atoms with E-state index >= 15 is 0 Å². The Kier molecular flexibility index (Phi) is 4.61. The summed E-state index contributed by atoms with van der Waals surface area (Å²) in [6.07, 6.45) is 1.20. The first-order valence-corrected chi connectivity index (χ1v) is 9.15. The third-order valence-corrected chi connectivity index (χ3v) is 5.33. The molecule has 0 atom stereocenters. The van der Waals surface area contributed by atoms with Gasteiger partial charge in [0, 0.05) is 18.0 Å². The summed E-state index contributed by atoms with van der Waals surface area (Å²) in [5.74, 6) is -2.15. The Morgan fingerprint density at radius 3 is 2.32 bits per heavy atom. The molecule has 130 valence electrons. The minimum atomic E-state index is -4.14. The molecule has 4 nitrogen and oxygen atoms in total. The van der Waals surface area contributed by atoms with E-state index in [2.05, 4.69) is 20.9 Å². The molecule has 1 aromatic heterocycles. The SMILES string of the molecule is O=S(=O)(Nc1cc(F)c(Br)cc1F)c1c[nH]c(-c2ccc(F)cc2)c1. The van der Waals surface area contributed by atoms with Crippen LogP contribution < -0.4 is 4.72 Å². The molecule has 0 radical (unpaired) electrons. The number of aromatic nitrogens is 1. The normalized spacial score (nSPS) is 11.5. The minimum absolute atomic E-state index is 0.117. The molecule has 0 spiro atoms. The van der Waals surface area contributed by atoms with Gasteiger partial charge in [-0.2, -0.15) is 0 Å². The zero-order valence-electron chi connectivity index (χ0n) is 12.4. The fourth-order valence-corrected chi connectivity index (χ4v) is 3.50. The van der Waals surface area contributed by atoms with Gasteiger partial charge in [0.1, 0.15) is 22.3 Å². The molecule has 25 heavy (non-hydrogen) atoms. The fraction of sp³-hybridized carbons (Fsp3) is 0. The largest absolute Gasteiger partial charge is 0.360 e. The van der Waals surface area contributed by atoms with Crippen LogP contribution in [0.3, 0.4) is 0 Å². The third-order valence-electron chi connectivity index (χ3n) is 3.38. The Balaban J connectivity index is 1.91. The summed E-state index contributed by atoms with van der Waals surface area (Å²) < 4.78 is 66.9. The highest BCUT2D eigenvalue weighted by Gasteiger charge is 2.19. The second-order valence-corrected chi connectivity index (χ2v) is 7.64. The second kappa shape index (κ2) is 6.57. The van der Waals surface area contributed by atoms with Gasteiger partial charge >= 0.3 is 0 Å². The van der Waals surface area contributed by atoms with Gasteiger partial charge in [0.05, 0.1) is 10.2 Å². The molecule has 2 N–H and O–H groups in total. The molecule has 1 heterocycles. The number of anilines is 1. The van der Waals surface area contributed by atoms with Crippen molar-refractivity contribution < 1.29 is 21.6 Å². The number of nitrogens with one attached hydrogen (secondary N) is 2. The predicted octanol–water partition coefficient (Wildman–Crippen LogP) is 4.66. The summed E-state index contributed by atoms with van der Waals surface area (Å²) >= 11 is 2.82. The zero-order chi connectivity index (χ0) is 18.2. The van der Waals surface area contributed by atoms with E-state index in [-0.39, 0.29) is 9.37 Å². The summed E-state index contributed by atoms with van der Waals surface area (Å²) in [7, 11) is -4.14. The average molecular weight is 431 g/mol. The highest BCUT2D eigenvalue weighted by atomic mass is 79.9. The van der Waals surface area contributed by atoms with Crippen molar-refractivity contribution in [2.45, 2.75) is 4.90 Å².